The van der Waals surface area contributed by atoms with E-state index in [0.29, 0.717) is 12.6 Å². The zero-order valence-electron chi connectivity index (χ0n) is 10.4. The second-order valence-electron chi connectivity index (χ2n) is 4.87. The van der Waals surface area contributed by atoms with Gasteiger partial charge >= 0.3 is 0 Å². The molecule has 1 saturated carbocycles. The Kier molecular flexibility index (Phi) is 3.15. The Hall–Kier alpha value is -1.61. The molecule has 0 spiro atoms. The van der Waals surface area contributed by atoms with Gasteiger partial charge in [-0.3, -0.25) is 0 Å². The van der Waals surface area contributed by atoms with Crippen LogP contribution in [0.5, 0.6) is 5.88 Å². The van der Waals surface area contributed by atoms with Crippen molar-refractivity contribution in [1.29, 1.82) is 0 Å². The lowest BCUT2D eigenvalue weighted by atomic mass is 10.1. The zero-order valence-corrected chi connectivity index (χ0v) is 10.4. The Labute approximate surface area is 107 Å². The second-order valence-corrected chi connectivity index (χ2v) is 4.87. The molecule has 3 nitrogen and oxygen atoms in total. The van der Waals surface area contributed by atoms with Gasteiger partial charge in [0.1, 0.15) is 6.10 Å². The van der Waals surface area contributed by atoms with Gasteiger partial charge in [-0.2, -0.15) is 0 Å². The van der Waals surface area contributed by atoms with E-state index in [4.69, 9.17) is 10.5 Å². The molecular weight excluding hydrogens is 224 g/mol. The number of hydrogen-bond acceptors (Lipinski definition) is 3. The predicted molar refractivity (Wildman–Crippen MR) is 72.5 cm³/mol. The van der Waals surface area contributed by atoms with Gasteiger partial charge in [-0.25, -0.2) is 4.98 Å². The van der Waals surface area contributed by atoms with Crippen molar-refractivity contribution in [2.75, 3.05) is 0 Å². The standard InChI is InChI=1S/C15H18N2O/c16-10-12-9-11-5-1-4-8-14(11)15(17-12)18-13-6-2-3-7-13/h1,4-5,8-9,13H,2-3,6-7,10,16H2. The first-order valence-corrected chi connectivity index (χ1v) is 6.62. The van der Waals surface area contributed by atoms with Crippen LogP contribution in [0, 0.1) is 0 Å². The highest BCUT2D eigenvalue weighted by Crippen LogP contribution is 2.29. The molecule has 0 amide bonds. The van der Waals surface area contributed by atoms with Crippen molar-refractivity contribution in [3.05, 3.63) is 36.0 Å². The first kappa shape index (κ1) is 11.5. The summed E-state index contributed by atoms with van der Waals surface area (Å²) in [6.07, 6.45) is 5.14. The third kappa shape index (κ3) is 2.18. The van der Waals surface area contributed by atoms with Gasteiger partial charge in [0.2, 0.25) is 5.88 Å². The highest BCUT2D eigenvalue weighted by molar-refractivity contribution is 5.87. The van der Waals surface area contributed by atoms with E-state index in [0.717, 1.165) is 35.2 Å². The lowest BCUT2D eigenvalue weighted by Gasteiger charge is -2.15. The largest absolute Gasteiger partial charge is 0.474 e. The number of benzene rings is 1. The molecule has 0 unspecified atom stereocenters. The Balaban J connectivity index is 2.01. The molecule has 0 aliphatic heterocycles. The van der Waals surface area contributed by atoms with Crippen molar-refractivity contribution in [3.8, 4) is 5.88 Å². The maximum absolute atomic E-state index is 6.06. The van der Waals surface area contributed by atoms with Gasteiger partial charge in [0.05, 0.1) is 5.69 Å². The number of pyridine rings is 1. The first-order chi connectivity index (χ1) is 8.86. The molecule has 18 heavy (non-hydrogen) atoms. The van der Waals surface area contributed by atoms with E-state index < -0.39 is 0 Å². The number of ether oxygens (including phenoxy) is 1. The molecule has 1 aromatic carbocycles. The molecule has 0 bridgehead atoms. The number of hydrogen-bond donors (Lipinski definition) is 1. The molecule has 1 aliphatic rings. The Bertz CT molecular complexity index is 547. The molecule has 3 heteroatoms. The van der Waals surface area contributed by atoms with Crippen LogP contribution in [0.1, 0.15) is 31.4 Å². The van der Waals surface area contributed by atoms with Crippen LogP contribution in [0.4, 0.5) is 0 Å². The molecule has 1 aromatic heterocycles. The van der Waals surface area contributed by atoms with Crippen LogP contribution < -0.4 is 10.5 Å². The fraction of sp³-hybridized carbons (Fsp3) is 0.400. The van der Waals surface area contributed by atoms with Crippen LogP contribution in [-0.2, 0) is 6.54 Å². The van der Waals surface area contributed by atoms with Crippen LogP contribution in [-0.4, -0.2) is 11.1 Å². The van der Waals surface area contributed by atoms with E-state index >= 15 is 0 Å². The lowest BCUT2D eigenvalue weighted by molar-refractivity contribution is 0.204. The van der Waals surface area contributed by atoms with Crippen molar-refractivity contribution >= 4 is 10.8 Å². The SMILES string of the molecule is NCc1cc2ccccc2c(OC2CCCC2)n1. The van der Waals surface area contributed by atoms with E-state index in [9.17, 15) is 0 Å². The topological polar surface area (TPSA) is 48.1 Å². The summed E-state index contributed by atoms with van der Waals surface area (Å²) >= 11 is 0. The van der Waals surface area contributed by atoms with Crippen LogP contribution in [0.25, 0.3) is 10.8 Å². The Morgan fingerprint density at radius 2 is 2.00 bits per heavy atom. The number of rotatable bonds is 3. The van der Waals surface area contributed by atoms with E-state index in [2.05, 4.69) is 17.1 Å². The molecule has 0 saturated heterocycles. The van der Waals surface area contributed by atoms with Gasteiger partial charge in [0.15, 0.2) is 0 Å². The number of nitrogens with zero attached hydrogens (tertiary/aromatic N) is 1. The third-order valence-electron chi connectivity index (χ3n) is 3.55. The van der Waals surface area contributed by atoms with Crippen LogP contribution in [0.2, 0.25) is 0 Å². The number of aromatic nitrogens is 1. The van der Waals surface area contributed by atoms with Gasteiger partial charge in [-0.05, 0) is 43.2 Å². The molecular formula is C15H18N2O. The summed E-state index contributed by atoms with van der Waals surface area (Å²) in [6.45, 7) is 0.450. The van der Waals surface area contributed by atoms with Gasteiger partial charge in [-0.1, -0.05) is 18.2 Å². The monoisotopic (exact) mass is 242 g/mol. The van der Waals surface area contributed by atoms with Crippen molar-refractivity contribution < 1.29 is 4.74 Å². The molecule has 1 aliphatic carbocycles. The molecule has 3 rings (SSSR count). The molecule has 0 atom stereocenters. The maximum atomic E-state index is 6.06. The molecule has 2 aromatic rings. The fourth-order valence-electron chi connectivity index (χ4n) is 2.58. The molecule has 94 valence electrons. The van der Waals surface area contributed by atoms with Crippen molar-refractivity contribution in [2.45, 2.75) is 38.3 Å². The van der Waals surface area contributed by atoms with Crippen molar-refractivity contribution in [2.24, 2.45) is 5.73 Å². The average molecular weight is 242 g/mol. The summed E-state index contributed by atoms with van der Waals surface area (Å²) in [7, 11) is 0. The van der Waals surface area contributed by atoms with Gasteiger partial charge in [-0.15, -0.1) is 0 Å². The smallest absolute Gasteiger partial charge is 0.221 e. The van der Waals surface area contributed by atoms with Gasteiger partial charge < -0.3 is 10.5 Å². The average Bonchev–Trinajstić information content (AvgIpc) is 2.91. The Morgan fingerprint density at radius 1 is 1.22 bits per heavy atom. The van der Waals surface area contributed by atoms with Gasteiger partial charge in [0.25, 0.3) is 0 Å². The number of nitrogens with two attached hydrogens (primary N) is 1. The summed E-state index contributed by atoms with van der Waals surface area (Å²) in [5, 5.41) is 2.24. The minimum atomic E-state index is 0.328. The highest BCUT2D eigenvalue weighted by Gasteiger charge is 2.18. The molecule has 2 N–H and O–H groups in total. The minimum Gasteiger partial charge on any atom is -0.474 e. The molecule has 1 heterocycles. The predicted octanol–water partition coefficient (Wildman–Crippen LogP) is 3.01. The van der Waals surface area contributed by atoms with Crippen LogP contribution in [0.3, 0.4) is 0 Å². The van der Waals surface area contributed by atoms with E-state index in [1.165, 1.54) is 12.8 Å². The summed E-state index contributed by atoms with van der Waals surface area (Å²) in [6, 6.07) is 10.2. The minimum absolute atomic E-state index is 0.328. The van der Waals surface area contributed by atoms with Crippen molar-refractivity contribution in [1.82, 2.24) is 4.98 Å². The van der Waals surface area contributed by atoms with Gasteiger partial charge in [0, 0.05) is 11.9 Å². The zero-order chi connectivity index (χ0) is 12.4. The summed E-state index contributed by atoms with van der Waals surface area (Å²) in [5.74, 6) is 0.750. The van der Waals surface area contributed by atoms with Crippen molar-refractivity contribution in [3.63, 3.8) is 0 Å². The summed E-state index contributed by atoms with van der Waals surface area (Å²) < 4.78 is 6.06. The van der Waals surface area contributed by atoms with E-state index in [-0.39, 0.29) is 0 Å². The first-order valence-electron chi connectivity index (χ1n) is 6.62. The molecule has 0 radical (unpaired) electrons. The molecule has 1 fully saturated rings. The quantitative estimate of drug-likeness (QED) is 0.900. The fourth-order valence-corrected chi connectivity index (χ4v) is 2.58. The lowest BCUT2D eigenvalue weighted by Crippen LogP contribution is -2.13. The van der Waals surface area contributed by atoms with Crippen LogP contribution in [0.15, 0.2) is 30.3 Å². The third-order valence-corrected chi connectivity index (χ3v) is 3.55. The summed E-state index contributed by atoms with van der Waals surface area (Å²) in [5.41, 5.74) is 6.59. The Morgan fingerprint density at radius 3 is 2.78 bits per heavy atom. The second kappa shape index (κ2) is 4.94. The highest BCUT2D eigenvalue weighted by atomic mass is 16.5. The van der Waals surface area contributed by atoms with E-state index in [1.54, 1.807) is 0 Å². The van der Waals surface area contributed by atoms with E-state index in [1.807, 2.05) is 18.2 Å². The maximum Gasteiger partial charge on any atom is 0.221 e. The van der Waals surface area contributed by atoms with Crippen LogP contribution >= 0.6 is 0 Å². The normalized spacial score (nSPS) is 16.3. The summed E-state index contributed by atoms with van der Waals surface area (Å²) in [4.78, 5) is 4.54. The number of fused-ring (bicyclic) bond motifs is 1.